The highest BCUT2D eigenvalue weighted by molar-refractivity contribution is 7.17. The van der Waals surface area contributed by atoms with E-state index < -0.39 is 0 Å². The minimum Gasteiger partial charge on any atom is -0.314 e. The fraction of sp³-hybridized carbons (Fsp3) is 0.333. The Balaban J connectivity index is 2.03. The first-order valence-electron chi connectivity index (χ1n) is 5.45. The van der Waals surface area contributed by atoms with Crippen molar-refractivity contribution in [3.05, 3.63) is 35.0 Å². The molecule has 1 saturated heterocycles. The number of halogens is 1. The molecule has 0 saturated carbocycles. The molecule has 16 heavy (non-hydrogen) atoms. The maximum absolute atomic E-state index is 13.1. The normalized spacial score (nSPS) is 21.4. The predicted octanol–water partition coefficient (Wildman–Crippen LogP) is 2.27. The number of hydrogen-bond acceptors (Lipinski definition) is 3. The van der Waals surface area contributed by atoms with Crippen molar-refractivity contribution < 1.29 is 4.39 Å². The number of thiophene rings is 1. The Hall–Kier alpha value is -0.970. The van der Waals surface area contributed by atoms with Gasteiger partial charge >= 0.3 is 0 Å². The summed E-state index contributed by atoms with van der Waals surface area (Å²) in [7, 11) is 0. The predicted molar refractivity (Wildman–Crippen MR) is 65.4 cm³/mol. The van der Waals surface area contributed by atoms with Crippen molar-refractivity contribution in [1.29, 1.82) is 0 Å². The van der Waals surface area contributed by atoms with Crippen LogP contribution in [-0.2, 0) is 0 Å². The van der Waals surface area contributed by atoms with Gasteiger partial charge in [0.2, 0.25) is 0 Å². The summed E-state index contributed by atoms with van der Waals surface area (Å²) < 4.78 is 14.1. The van der Waals surface area contributed by atoms with Crippen LogP contribution in [0.15, 0.2) is 23.6 Å². The third-order valence-corrected chi connectivity index (χ3v) is 3.95. The molecule has 2 N–H and O–H groups in total. The van der Waals surface area contributed by atoms with Crippen molar-refractivity contribution in [3.63, 3.8) is 0 Å². The van der Waals surface area contributed by atoms with Crippen LogP contribution < -0.4 is 10.6 Å². The zero-order chi connectivity index (χ0) is 11.0. The molecule has 1 fully saturated rings. The van der Waals surface area contributed by atoms with Crippen LogP contribution in [0.1, 0.15) is 11.6 Å². The molecule has 0 radical (unpaired) electrons. The van der Waals surface area contributed by atoms with Crippen LogP contribution >= 0.6 is 11.3 Å². The summed E-state index contributed by atoms with van der Waals surface area (Å²) in [4.78, 5) is 0. The van der Waals surface area contributed by atoms with E-state index in [0.717, 1.165) is 24.3 Å². The third kappa shape index (κ3) is 1.73. The summed E-state index contributed by atoms with van der Waals surface area (Å²) in [5.74, 6) is -0.157. The Kier molecular flexibility index (Phi) is 2.63. The Morgan fingerprint density at radius 3 is 3.06 bits per heavy atom. The van der Waals surface area contributed by atoms with Gasteiger partial charge in [-0.15, -0.1) is 11.3 Å². The van der Waals surface area contributed by atoms with E-state index in [9.17, 15) is 4.39 Å². The monoisotopic (exact) mass is 236 g/mol. The summed E-state index contributed by atoms with van der Waals surface area (Å²) in [5, 5.41) is 10.2. The van der Waals surface area contributed by atoms with Gasteiger partial charge in [-0.05, 0) is 28.5 Å². The van der Waals surface area contributed by atoms with Crippen molar-refractivity contribution >= 4 is 21.4 Å². The largest absolute Gasteiger partial charge is 0.314 e. The Morgan fingerprint density at radius 1 is 1.31 bits per heavy atom. The van der Waals surface area contributed by atoms with Gasteiger partial charge in [-0.25, -0.2) is 4.39 Å². The van der Waals surface area contributed by atoms with E-state index in [2.05, 4.69) is 16.0 Å². The number of hydrogen-bond donors (Lipinski definition) is 2. The molecule has 2 aromatic rings. The molecule has 3 rings (SSSR count). The van der Waals surface area contributed by atoms with Crippen molar-refractivity contribution in [2.45, 2.75) is 6.04 Å². The smallest absolute Gasteiger partial charge is 0.124 e. The van der Waals surface area contributed by atoms with Gasteiger partial charge in [0.25, 0.3) is 0 Å². The lowest BCUT2D eigenvalue weighted by molar-refractivity contribution is 0.433. The van der Waals surface area contributed by atoms with Crippen LogP contribution in [0.25, 0.3) is 10.1 Å². The molecule has 1 aromatic carbocycles. The average molecular weight is 236 g/mol. The Bertz CT molecular complexity index is 503. The van der Waals surface area contributed by atoms with E-state index in [1.165, 1.54) is 17.0 Å². The molecule has 0 aliphatic carbocycles. The first-order valence-corrected chi connectivity index (χ1v) is 6.33. The van der Waals surface area contributed by atoms with Gasteiger partial charge in [0.05, 0.1) is 0 Å². The van der Waals surface area contributed by atoms with Gasteiger partial charge in [0.15, 0.2) is 0 Å². The van der Waals surface area contributed by atoms with Gasteiger partial charge < -0.3 is 10.6 Å². The molecule has 1 aromatic heterocycles. The Morgan fingerprint density at radius 2 is 2.25 bits per heavy atom. The molecule has 1 aliphatic rings. The number of fused-ring (bicyclic) bond motifs is 1. The number of benzene rings is 1. The summed E-state index contributed by atoms with van der Waals surface area (Å²) in [5.41, 5.74) is 1.28. The van der Waals surface area contributed by atoms with E-state index in [0.29, 0.717) is 6.04 Å². The van der Waals surface area contributed by atoms with Gasteiger partial charge in [-0.3, -0.25) is 0 Å². The summed E-state index contributed by atoms with van der Waals surface area (Å²) in [6.45, 7) is 2.96. The fourth-order valence-corrected chi connectivity index (χ4v) is 3.20. The maximum atomic E-state index is 13.1. The van der Waals surface area contributed by atoms with Crippen molar-refractivity contribution in [2.24, 2.45) is 0 Å². The van der Waals surface area contributed by atoms with Crippen LogP contribution in [0.2, 0.25) is 0 Å². The molecule has 0 spiro atoms. The number of piperazine rings is 1. The molecular weight excluding hydrogens is 223 g/mol. The molecule has 1 aliphatic heterocycles. The maximum Gasteiger partial charge on any atom is 0.124 e. The molecule has 2 nitrogen and oxygen atoms in total. The highest BCUT2D eigenvalue weighted by atomic mass is 32.1. The number of nitrogens with one attached hydrogen (secondary N) is 2. The molecule has 2 heterocycles. The molecule has 0 bridgehead atoms. The van der Waals surface area contributed by atoms with Gasteiger partial charge in [-0.1, -0.05) is 6.07 Å². The van der Waals surface area contributed by atoms with Crippen LogP contribution in [0.5, 0.6) is 0 Å². The first kappa shape index (κ1) is 10.2. The molecule has 0 amide bonds. The highest BCUT2D eigenvalue weighted by Crippen LogP contribution is 2.31. The zero-order valence-electron chi connectivity index (χ0n) is 8.79. The lowest BCUT2D eigenvalue weighted by atomic mass is 10.0. The van der Waals surface area contributed by atoms with Crippen LogP contribution in [0.3, 0.4) is 0 Å². The van der Waals surface area contributed by atoms with E-state index in [4.69, 9.17) is 0 Å². The van der Waals surface area contributed by atoms with E-state index in [1.807, 2.05) is 6.07 Å². The van der Waals surface area contributed by atoms with Crippen LogP contribution in [-0.4, -0.2) is 19.6 Å². The van der Waals surface area contributed by atoms with E-state index in [1.54, 1.807) is 17.4 Å². The first-order chi connectivity index (χ1) is 7.84. The lowest BCUT2D eigenvalue weighted by Gasteiger charge is -2.24. The van der Waals surface area contributed by atoms with Gasteiger partial charge in [-0.2, -0.15) is 0 Å². The topological polar surface area (TPSA) is 24.1 Å². The van der Waals surface area contributed by atoms with Crippen LogP contribution in [0.4, 0.5) is 4.39 Å². The lowest BCUT2D eigenvalue weighted by Crippen LogP contribution is -2.42. The van der Waals surface area contributed by atoms with Crippen molar-refractivity contribution in [2.75, 3.05) is 19.6 Å². The standard InChI is InChI=1S/C12H13FN2S/c13-8-1-2-9-10(7-16-12(9)5-8)11-6-14-3-4-15-11/h1-2,5,7,11,14-15H,3-4,6H2. The second-order valence-electron chi connectivity index (χ2n) is 4.04. The summed E-state index contributed by atoms with van der Waals surface area (Å²) >= 11 is 1.61. The molecule has 84 valence electrons. The molecular formula is C12H13FN2S. The fourth-order valence-electron chi connectivity index (χ4n) is 2.17. The highest BCUT2D eigenvalue weighted by Gasteiger charge is 2.17. The molecule has 1 atom stereocenters. The molecule has 4 heteroatoms. The SMILES string of the molecule is Fc1ccc2c(C3CNCCN3)csc2c1. The van der Waals surface area contributed by atoms with E-state index in [-0.39, 0.29) is 5.82 Å². The van der Waals surface area contributed by atoms with Gasteiger partial charge in [0, 0.05) is 30.4 Å². The second kappa shape index (κ2) is 4.13. The van der Waals surface area contributed by atoms with E-state index >= 15 is 0 Å². The minimum atomic E-state index is -0.157. The van der Waals surface area contributed by atoms with Crippen LogP contribution in [0, 0.1) is 5.82 Å². The van der Waals surface area contributed by atoms with Crippen molar-refractivity contribution in [3.8, 4) is 0 Å². The quantitative estimate of drug-likeness (QED) is 0.793. The Labute approximate surface area is 97.5 Å². The van der Waals surface area contributed by atoms with Gasteiger partial charge in [0.1, 0.15) is 5.82 Å². The average Bonchev–Trinajstić information content (AvgIpc) is 2.73. The third-order valence-electron chi connectivity index (χ3n) is 2.98. The number of rotatable bonds is 1. The van der Waals surface area contributed by atoms with Crippen molar-refractivity contribution in [1.82, 2.24) is 10.6 Å². The second-order valence-corrected chi connectivity index (χ2v) is 4.95. The minimum absolute atomic E-state index is 0.157. The zero-order valence-corrected chi connectivity index (χ0v) is 9.61. The summed E-state index contributed by atoms with van der Waals surface area (Å²) in [6.07, 6.45) is 0. The summed E-state index contributed by atoms with van der Waals surface area (Å²) in [6, 6.07) is 5.38. The molecule has 1 unspecified atom stereocenters.